The smallest absolute Gasteiger partial charge is 0.409 e. The summed E-state index contributed by atoms with van der Waals surface area (Å²) >= 11 is 1.73. The molecule has 2 aromatic rings. The highest BCUT2D eigenvalue weighted by Crippen LogP contribution is 2.37. The molecule has 7 heteroatoms. The molecule has 0 atom stereocenters. The van der Waals surface area contributed by atoms with E-state index in [1.807, 2.05) is 19.3 Å². The summed E-state index contributed by atoms with van der Waals surface area (Å²) in [5, 5.41) is 1.08. The summed E-state index contributed by atoms with van der Waals surface area (Å²) in [6.07, 6.45) is 6.66. The van der Waals surface area contributed by atoms with Gasteiger partial charge in [-0.3, -0.25) is 4.98 Å². The fourth-order valence-corrected chi connectivity index (χ4v) is 4.25. The van der Waals surface area contributed by atoms with Crippen LogP contribution in [0.2, 0.25) is 0 Å². The number of amides is 1. The molecule has 2 aromatic heterocycles. The third kappa shape index (κ3) is 3.19. The van der Waals surface area contributed by atoms with E-state index < -0.39 is 0 Å². The summed E-state index contributed by atoms with van der Waals surface area (Å²) in [5.41, 5.74) is 4.74. The van der Waals surface area contributed by atoms with Gasteiger partial charge in [0, 0.05) is 61.1 Å². The van der Waals surface area contributed by atoms with Crippen molar-refractivity contribution in [3.05, 3.63) is 39.6 Å². The van der Waals surface area contributed by atoms with Gasteiger partial charge in [-0.15, -0.1) is 11.3 Å². The first-order valence-corrected chi connectivity index (χ1v) is 9.75. The summed E-state index contributed by atoms with van der Waals surface area (Å²) in [4.78, 5) is 26.3. The fourth-order valence-electron chi connectivity index (χ4n) is 3.47. The number of hydrogen-bond acceptors (Lipinski definition) is 6. The monoisotopic (exact) mass is 370 g/mol. The number of rotatable bonds is 3. The summed E-state index contributed by atoms with van der Waals surface area (Å²) in [5.74, 6) is 0. The van der Waals surface area contributed by atoms with Gasteiger partial charge in [-0.2, -0.15) is 0 Å². The van der Waals surface area contributed by atoms with Gasteiger partial charge in [-0.1, -0.05) is 0 Å². The van der Waals surface area contributed by atoms with Crippen LogP contribution in [0.1, 0.15) is 28.1 Å². The molecular weight excluding hydrogens is 348 g/mol. The van der Waals surface area contributed by atoms with Gasteiger partial charge in [-0.25, -0.2) is 9.78 Å². The number of fused-ring (bicyclic) bond motifs is 1. The number of carbonyl (C=O) groups is 1. The minimum absolute atomic E-state index is 0.214. The van der Waals surface area contributed by atoms with Crippen molar-refractivity contribution < 1.29 is 9.53 Å². The van der Waals surface area contributed by atoms with Crippen LogP contribution in [0, 0.1) is 6.92 Å². The molecule has 0 saturated carbocycles. The number of allylic oxidation sites excluding steroid dienone is 1. The molecular formula is C19H22N4O2S. The molecule has 1 saturated heterocycles. The highest BCUT2D eigenvalue weighted by Gasteiger charge is 2.26. The number of piperazine rings is 1. The van der Waals surface area contributed by atoms with Crippen molar-refractivity contribution in [2.75, 3.05) is 37.7 Å². The molecule has 26 heavy (non-hydrogen) atoms. The Kier molecular flexibility index (Phi) is 4.63. The Morgan fingerprint density at radius 2 is 2.08 bits per heavy atom. The number of aromatic nitrogens is 2. The molecule has 0 radical (unpaired) electrons. The second-order valence-corrected chi connectivity index (χ2v) is 7.72. The van der Waals surface area contributed by atoms with E-state index in [4.69, 9.17) is 4.74 Å². The topological polar surface area (TPSA) is 58.6 Å². The molecule has 0 bridgehead atoms. The zero-order chi connectivity index (χ0) is 18.1. The van der Waals surface area contributed by atoms with Crippen LogP contribution in [-0.4, -0.2) is 53.7 Å². The van der Waals surface area contributed by atoms with Crippen LogP contribution in [0.25, 0.3) is 11.6 Å². The van der Waals surface area contributed by atoms with Crippen LogP contribution in [0.4, 0.5) is 10.5 Å². The molecule has 1 fully saturated rings. The second-order valence-electron chi connectivity index (χ2n) is 6.49. The Morgan fingerprint density at radius 3 is 2.77 bits per heavy atom. The maximum absolute atomic E-state index is 11.9. The van der Waals surface area contributed by atoms with Gasteiger partial charge in [0.25, 0.3) is 0 Å². The predicted octanol–water partition coefficient (Wildman–Crippen LogP) is 3.22. The maximum atomic E-state index is 11.9. The van der Waals surface area contributed by atoms with Crippen LogP contribution >= 0.6 is 11.3 Å². The van der Waals surface area contributed by atoms with Crippen LogP contribution in [0.5, 0.6) is 0 Å². The summed E-state index contributed by atoms with van der Waals surface area (Å²) in [6, 6.07) is 2.07. The van der Waals surface area contributed by atoms with Gasteiger partial charge < -0.3 is 14.5 Å². The standard InChI is InChI=1S/C19H22N4O2S/c1-3-25-19(24)23-8-6-22(7-9-23)17-4-5-20-16-11-14(10-15(16)17)18-21-12-13(2)26-18/h4-5,10,12H,3,6-9,11H2,1-2H3. The Labute approximate surface area is 157 Å². The number of hydrogen-bond donors (Lipinski definition) is 0. The van der Waals surface area contributed by atoms with Gasteiger partial charge in [0.15, 0.2) is 0 Å². The first-order chi connectivity index (χ1) is 12.7. The number of ether oxygens (including phenoxy) is 1. The molecule has 1 amide bonds. The summed E-state index contributed by atoms with van der Waals surface area (Å²) in [7, 11) is 0. The lowest BCUT2D eigenvalue weighted by Gasteiger charge is -2.36. The lowest BCUT2D eigenvalue weighted by molar-refractivity contribution is 0.105. The van der Waals surface area contributed by atoms with Crippen LogP contribution in [0.3, 0.4) is 0 Å². The van der Waals surface area contributed by atoms with Gasteiger partial charge in [0.05, 0.1) is 12.3 Å². The Balaban J connectivity index is 1.53. The van der Waals surface area contributed by atoms with E-state index >= 15 is 0 Å². The largest absolute Gasteiger partial charge is 0.450 e. The lowest BCUT2D eigenvalue weighted by atomic mass is 10.1. The van der Waals surface area contributed by atoms with Crippen molar-refractivity contribution in [1.82, 2.24) is 14.9 Å². The van der Waals surface area contributed by atoms with Gasteiger partial charge in [0.1, 0.15) is 5.01 Å². The second kappa shape index (κ2) is 7.07. The quantitative estimate of drug-likeness (QED) is 0.830. The first kappa shape index (κ1) is 17.0. The van der Waals surface area contributed by atoms with E-state index in [-0.39, 0.29) is 6.09 Å². The van der Waals surface area contributed by atoms with E-state index in [0.717, 1.165) is 30.2 Å². The molecule has 136 valence electrons. The van der Waals surface area contributed by atoms with Gasteiger partial charge >= 0.3 is 6.09 Å². The number of nitrogens with zero attached hydrogens (tertiary/aromatic N) is 4. The SMILES string of the molecule is CCOC(=O)N1CCN(c2ccnc3c2C=C(c2ncc(C)s2)C3)CC1. The third-order valence-corrected chi connectivity index (χ3v) is 5.76. The summed E-state index contributed by atoms with van der Waals surface area (Å²) in [6.45, 7) is 7.29. The molecule has 4 rings (SSSR count). The van der Waals surface area contributed by atoms with E-state index in [1.165, 1.54) is 21.7 Å². The summed E-state index contributed by atoms with van der Waals surface area (Å²) < 4.78 is 5.10. The molecule has 1 aliphatic heterocycles. The minimum atomic E-state index is -0.214. The van der Waals surface area contributed by atoms with Crippen LogP contribution < -0.4 is 4.90 Å². The average Bonchev–Trinajstić information content (AvgIpc) is 3.27. The average molecular weight is 370 g/mol. The lowest BCUT2D eigenvalue weighted by Crippen LogP contribution is -2.49. The van der Waals surface area contributed by atoms with Crippen molar-refractivity contribution >= 4 is 34.8 Å². The molecule has 0 spiro atoms. The third-order valence-electron chi connectivity index (χ3n) is 4.77. The highest BCUT2D eigenvalue weighted by molar-refractivity contribution is 7.12. The van der Waals surface area contributed by atoms with Crippen molar-refractivity contribution in [2.24, 2.45) is 0 Å². The molecule has 2 aliphatic rings. The molecule has 0 N–H and O–H groups in total. The van der Waals surface area contributed by atoms with E-state index in [2.05, 4.69) is 33.9 Å². The van der Waals surface area contributed by atoms with E-state index in [0.29, 0.717) is 19.7 Å². The molecule has 6 nitrogen and oxygen atoms in total. The minimum Gasteiger partial charge on any atom is -0.450 e. The van der Waals surface area contributed by atoms with Gasteiger partial charge in [0.2, 0.25) is 0 Å². The molecule has 0 unspecified atom stereocenters. The number of aryl methyl sites for hydroxylation is 1. The molecule has 1 aliphatic carbocycles. The Hall–Kier alpha value is -2.41. The Morgan fingerprint density at radius 1 is 1.27 bits per heavy atom. The van der Waals surface area contributed by atoms with Crippen LogP contribution in [-0.2, 0) is 11.2 Å². The highest BCUT2D eigenvalue weighted by atomic mass is 32.1. The van der Waals surface area contributed by atoms with Crippen molar-refractivity contribution in [2.45, 2.75) is 20.3 Å². The fraction of sp³-hybridized carbons (Fsp3) is 0.421. The number of anilines is 1. The normalized spacial score (nSPS) is 16.5. The number of thiazole rings is 1. The maximum Gasteiger partial charge on any atom is 0.409 e. The molecule has 0 aromatic carbocycles. The predicted molar refractivity (Wildman–Crippen MR) is 103 cm³/mol. The van der Waals surface area contributed by atoms with E-state index in [1.54, 1.807) is 16.2 Å². The van der Waals surface area contributed by atoms with Crippen molar-refractivity contribution in [1.29, 1.82) is 0 Å². The zero-order valence-corrected chi connectivity index (χ0v) is 15.9. The Bertz CT molecular complexity index is 853. The number of carbonyl (C=O) groups excluding carboxylic acids is 1. The molecule has 3 heterocycles. The van der Waals surface area contributed by atoms with Crippen LogP contribution in [0.15, 0.2) is 18.5 Å². The van der Waals surface area contributed by atoms with Crippen molar-refractivity contribution in [3.8, 4) is 0 Å². The first-order valence-electron chi connectivity index (χ1n) is 8.93. The van der Waals surface area contributed by atoms with Crippen molar-refractivity contribution in [3.63, 3.8) is 0 Å². The number of pyridine rings is 1. The van der Waals surface area contributed by atoms with E-state index in [9.17, 15) is 4.79 Å². The van der Waals surface area contributed by atoms with Gasteiger partial charge in [-0.05, 0) is 31.6 Å². The zero-order valence-electron chi connectivity index (χ0n) is 15.1.